The molecule has 0 fully saturated rings. The van der Waals surface area contributed by atoms with Crippen LogP contribution in [0.2, 0.25) is 5.02 Å². The maximum Gasteiger partial charge on any atom is 0.224 e. The first-order valence-electron chi connectivity index (χ1n) is 9.12. The number of aryl methyl sites for hydroxylation is 1. The summed E-state index contributed by atoms with van der Waals surface area (Å²) in [6.07, 6.45) is 0.200. The Labute approximate surface area is 175 Å². The highest BCUT2D eigenvalue weighted by Gasteiger charge is 2.21. The van der Waals surface area contributed by atoms with E-state index < -0.39 is 0 Å². The normalized spacial score (nSPS) is 11.2. The van der Waals surface area contributed by atoms with Crippen molar-refractivity contribution in [1.29, 1.82) is 0 Å². The van der Waals surface area contributed by atoms with Crippen molar-refractivity contribution in [1.82, 2.24) is 9.88 Å². The molecule has 6 heteroatoms. The molecular formula is C22H23ClN2O2S. The monoisotopic (exact) mass is 414 g/mol. The highest BCUT2D eigenvalue weighted by molar-refractivity contribution is 7.80. The van der Waals surface area contributed by atoms with Crippen LogP contribution in [0.25, 0.3) is 10.9 Å². The molecule has 2 N–H and O–H groups in total. The Morgan fingerprint density at radius 2 is 1.86 bits per heavy atom. The number of benzene rings is 2. The van der Waals surface area contributed by atoms with Gasteiger partial charge in [0.25, 0.3) is 0 Å². The summed E-state index contributed by atoms with van der Waals surface area (Å²) in [7, 11) is 0. The van der Waals surface area contributed by atoms with Crippen LogP contribution in [0.15, 0.2) is 36.4 Å². The molecule has 0 saturated carbocycles. The lowest BCUT2D eigenvalue weighted by molar-refractivity contribution is -0.120. The number of carbonyl (C=O) groups is 1. The molecule has 0 atom stereocenters. The van der Waals surface area contributed by atoms with Crippen LogP contribution in [0.3, 0.4) is 0 Å². The molecule has 0 spiro atoms. The van der Waals surface area contributed by atoms with Gasteiger partial charge in [-0.2, -0.15) is 0 Å². The second-order valence-electron chi connectivity index (χ2n) is 7.29. The number of fused-ring (bicyclic) bond motifs is 1. The number of thiocarbonyl (C=S) groups is 1. The maximum absolute atomic E-state index is 12.4. The lowest BCUT2D eigenvalue weighted by atomic mass is 10.1. The number of nitrogens with one attached hydrogen (secondary N) is 1. The van der Waals surface area contributed by atoms with Crippen LogP contribution in [0.1, 0.15) is 36.2 Å². The zero-order chi connectivity index (χ0) is 20.6. The quantitative estimate of drug-likeness (QED) is 0.596. The number of aromatic hydroxyl groups is 1. The molecule has 0 aliphatic carbocycles. The molecule has 2 aromatic carbocycles. The fourth-order valence-corrected chi connectivity index (χ4v) is 3.86. The van der Waals surface area contributed by atoms with Gasteiger partial charge in [0.1, 0.15) is 10.7 Å². The highest BCUT2D eigenvalue weighted by atomic mass is 35.5. The molecule has 3 aromatic rings. The van der Waals surface area contributed by atoms with E-state index in [1.165, 1.54) is 0 Å². The Bertz CT molecular complexity index is 1070. The van der Waals surface area contributed by atoms with Crippen LogP contribution in [-0.4, -0.2) is 26.6 Å². The van der Waals surface area contributed by atoms with E-state index in [0.717, 1.165) is 33.3 Å². The number of amides is 1. The van der Waals surface area contributed by atoms with Gasteiger partial charge in [0, 0.05) is 22.7 Å². The van der Waals surface area contributed by atoms with Crippen LogP contribution < -0.4 is 5.32 Å². The predicted octanol–water partition coefficient (Wildman–Crippen LogP) is 4.91. The standard InChI is InChI=1S/C22H23ClN2O2S/c1-12(2)24-21(27)10-16-14(4)25(19-11-18(23)20(26)9-17(16)19)22(28)15-7-5-13(3)6-8-15/h5-9,11-12,26H,10H2,1-4H3,(H,24,27). The van der Waals surface area contributed by atoms with Crippen molar-refractivity contribution in [3.05, 3.63) is 63.8 Å². The minimum absolute atomic E-state index is 0.0157. The van der Waals surface area contributed by atoms with Gasteiger partial charge >= 0.3 is 0 Å². The average Bonchev–Trinajstić information content (AvgIpc) is 2.86. The number of hydrogen-bond acceptors (Lipinski definition) is 3. The summed E-state index contributed by atoms with van der Waals surface area (Å²) in [6.45, 7) is 7.80. The van der Waals surface area contributed by atoms with Crippen LogP contribution in [-0.2, 0) is 11.2 Å². The molecular weight excluding hydrogens is 392 g/mol. The van der Waals surface area contributed by atoms with Gasteiger partial charge in [-0.3, -0.25) is 4.79 Å². The van der Waals surface area contributed by atoms with Gasteiger partial charge in [0.15, 0.2) is 0 Å². The largest absolute Gasteiger partial charge is 0.506 e. The number of rotatable bonds is 4. The van der Waals surface area contributed by atoms with Gasteiger partial charge in [-0.25, -0.2) is 0 Å². The molecule has 0 saturated heterocycles. The third kappa shape index (κ3) is 3.91. The van der Waals surface area contributed by atoms with E-state index in [0.29, 0.717) is 4.99 Å². The zero-order valence-electron chi connectivity index (χ0n) is 16.3. The fraction of sp³-hybridized carbons (Fsp3) is 0.273. The molecule has 28 heavy (non-hydrogen) atoms. The van der Waals surface area contributed by atoms with E-state index >= 15 is 0 Å². The van der Waals surface area contributed by atoms with Crippen molar-refractivity contribution in [3.8, 4) is 5.75 Å². The number of hydrogen-bond donors (Lipinski definition) is 2. The molecule has 146 valence electrons. The van der Waals surface area contributed by atoms with Gasteiger partial charge in [0.2, 0.25) is 5.91 Å². The van der Waals surface area contributed by atoms with Crippen LogP contribution in [0.4, 0.5) is 0 Å². The Morgan fingerprint density at radius 1 is 1.21 bits per heavy atom. The molecule has 0 aliphatic heterocycles. The lowest BCUT2D eigenvalue weighted by Gasteiger charge is -2.12. The molecule has 1 aromatic heterocycles. The van der Waals surface area contributed by atoms with Gasteiger partial charge in [-0.1, -0.05) is 53.6 Å². The Balaban J connectivity index is 2.18. The van der Waals surface area contributed by atoms with Crippen molar-refractivity contribution < 1.29 is 9.90 Å². The van der Waals surface area contributed by atoms with Crippen molar-refractivity contribution in [3.63, 3.8) is 0 Å². The molecule has 0 unspecified atom stereocenters. The van der Waals surface area contributed by atoms with Crippen LogP contribution in [0, 0.1) is 13.8 Å². The van der Waals surface area contributed by atoms with Crippen molar-refractivity contribution in [2.24, 2.45) is 0 Å². The fourth-order valence-electron chi connectivity index (χ4n) is 3.33. The Hall–Kier alpha value is -2.37. The van der Waals surface area contributed by atoms with Crippen LogP contribution in [0.5, 0.6) is 5.75 Å². The summed E-state index contributed by atoms with van der Waals surface area (Å²) < 4.78 is 1.93. The van der Waals surface area contributed by atoms with Gasteiger partial charge in [0.05, 0.1) is 17.0 Å². The summed E-state index contributed by atoms with van der Waals surface area (Å²) in [5.74, 6) is -0.0917. The summed E-state index contributed by atoms with van der Waals surface area (Å²) in [4.78, 5) is 13.0. The van der Waals surface area contributed by atoms with Crippen molar-refractivity contribution in [2.75, 3.05) is 0 Å². The van der Waals surface area contributed by atoms with Crippen molar-refractivity contribution in [2.45, 2.75) is 40.2 Å². The number of aromatic nitrogens is 1. The van der Waals surface area contributed by atoms with E-state index in [4.69, 9.17) is 23.8 Å². The summed E-state index contributed by atoms with van der Waals surface area (Å²) in [5.41, 5.74) is 4.52. The number of nitrogens with zero attached hydrogens (tertiary/aromatic N) is 1. The van der Waals surface area contributed by atoms with Gasteiger partial charge in [-0.15, -0.1) is 0 Å². The van der Waals surface area contributed by atoms with Crippen LogP contribution >= 0.6 is 23.8 Å². The van der Waals surface area contributed by atoms with Crippen molar-refractivity contribution >= 4 is 45.6 Å². The molecule has 1 heterocycles. The second kappa shape index (κ2) is 7.94. The molecule has 0 bridgehead atoms. The Kier molecular flexibility index (Phi) is 5.77. The lowest BCUT2D eigenvalue weighted by Crippen LogP contribution is -2.31. The molecule has 1 amide bonds. The molecule has 3 rings (SSSR count). The summed E-state index contributed by atoms with van der Waals surface area (Å²) in [6, 6.07) is 11.3. The number of phenols is 1. The number of carbonyl (C=O) groups excluding carboxylic acids is 1. The number of phenolic OH excluding ortho intramolecular Hbond substituents is 1. The predicted molar refractivity (Wildman–Crippen MR) is 119 cm³/mol. The smallest absolute Gasteiger partial charge is 0.224 e. The Morgan fingerprint density at radius 3 is 2.46 bits per heavy atom. The molecule has 0 radical (unpaired) electrons. The van der Waals surface area contributed by atoms with E-state index in [-0.39, 0.29) is 29.1 Å². The summed E-state index contributed by atoms with van der Waals surface area (Å²) >= 11 is 12.0. The van der Waals surface area contributed by atoms with E-state index in [2.05, 4.69) is 5.32 Å². The maximum atomic E-state index is 12.4. The summed E-state index contributed by atoms with van der Waals surface area (Å²) in [5, 5.41) is 14.1. The third-order valence-electron chi connectivity index (χ3n) is 4.69. The van der Waals surface area contributed by atoms with Gasteiger partial charge < -0.3 is 15.0 Å². The minimum atomic E-state index is -0.0761. The minimum Gasteiger partial charge on any atom is -0.506 e. The topological polar surface area (TPSA) is 54.3 Å². The molecule has 4 nitrogen and oxygen atoms in total. The third-order valence-corrected chi connectivity index (χ3v) is 5.41. The van der Waals surface area contributed by atoms with Gasteiger partial charge in [-0.05, 0) is 45.4 Å². The first-order chi connectivity index (χ1) is 13.2. The first kappa shape index (κ1) is 20.4. The van der Waals surface area contributed by atoms with E-state index in [1.807, 2.05) is 56.5 Å². The zero-order valence-corrected chi connectivity index (χ0v) is 17.9. The average molecular weight is 415 g/mol. The SMILES string of the molecule is Cc1ccc(C(=S)n2c(C)c(CC(=O)NC(C)C)c3cc(O)c(Cl)cc32)cc1. The highest BCUT2D eigenvalue weighted by Crippen LogP contribution is 2.35. The molecule has 0 aliphatic rings. The second-order valence-corrected chi connectivity index (χ2v) is 8.08. The van der Waals surface area contributed by atoms with E-state index in [1.54, 1.807) is 12.1 Å². The number of halogens is 1. The first-order valence-corrected chi connectivity index (χ1v) is 9.90. The van der Waals surface area contributed by atoms with E-state index in [9.17, 15) is 9.90 Å².